The fourth-order valence-corrected chi connectivity index (χ4v) is 3.12. The van der Waals surface area contributed by atoms with Crippen molar-refractivity contribution in [3.05, 3.63) is 18.3 Å². The van der Waals surface area contributed by atoms with Crippen molar-refractivity contribution in [3.63, 3.8) is 0 Å². The number of carbonyl (C=O) groups excluding carboxylic acids is 1. The Hall–Kier alpha value is -1.98. The van der Waals surface area contributed by atoms with Gasteiger partial charge in [-0.1, -0.05) is 0 Å². The van der Waals surface area contributed by atoms with Crippen LogP contribution in [0.5, 0.6) is 5.75 Å². The fraction of sp³-hybridized carbons (Fsp3) is 0.625. The Morgan fingerprint density at radius 2 is 2.05 bits per heavy atom. The van der Waals surface area contributed by atoms with Crippen LogP contribution in [0.1, 0.15) is 33.6 Å². The third kappa shape index (κ3) is 3.10. The van der Waals surface area contributed by atoms with E-state index >= 15 is 0 Å². The van der Waals surface area contributed by atoms with Crippen molar-refractivity contribution in [2.75, 3.05) is 18.8 Å². The molecule has 0 radical (unpaired) electrons. The smallest absolute Gasteiger partial charge is 0.410 e. The number of ether oxygens (including phenoxy) is 2. The van der Waals surface area contributed by atoms with Gasteiger partial charge in [-0.15, -0.1) is 0 Å². The highest BCUT2D eigenvalue weighted by Gasteiger charge is 2.55. The van der Waals surface area contributed by atoms with Gasteiger partial charge in [-0.2, -0.15) is 0 Å². The second-order valence-electron chi connectivity index (χ2n) is 7.40. The van der Waals surface area contributed by atoms with E-state index in [0.29, 0.717) is 5.82 Å². The lowest BCUT2D eigenvalue weighted by atomic mass is 9.62. The van der Waals surface area contributed by atoms with Crippen molar-refractivity contribution < 1.29 is 14.3 Å². The van der Waals surface area contributed by atoms with Crippen LogP contribution >= 0.6 is 0 Å². The van der Waals surface area contributed by atoms with E-state index in [9.17, 15) is 4.79 Å². The number of nitrogens with two attached hydrogens (primary N) is 1. The van der Waals surface area contributed by atoms with Gasteiger partial charge in [0.15, 0.2) is 0 Å². The molecule has 1 aromatic heterocycles. The van der Waals surface area contributed by atoms with E-state index in [4.69, 9.17) is 15.2 Å². The van der Waals surface area contributed by atoms with E-state index < -0.39 is 5.60 Å². The molecule has 0 unspecified atom stereocenters. The molecule has 0 aromatic carbocycles. The Bertz CT molecular complexity index is 551. The quantitative estimate of drug-likeness (QED) is 0.908. The predicted octanol–water partition coefficient (Wildman–Crippen LogP) is 2.44. The third-order valence-corrected chi connectivity index (χ3v) is 4.09. The Kier molecular flexibility index (Phi) is 3.42. The number of likely N-dealkylation sites (tertiary alicyclic amines) is 1. The van der Waals surface area contributed by atoms with Crippen molar-refractivity contribution in [3.8, 4) is 5.75 Å². The molecule has 1 aliphatic carbocycles. The summed E-state index contributed by atoms with van der Waals surface area (Å²) in [6.07, 6.45) is 3.57. The Morgan fingerprint density at radius 1 is 1.36 bits per heavy atom. The molecule has 3 rings (SSSR count). The van der Waals surface area contributed by atoms with Gasteiger partial charge in [0.1, 0.15) is 23.3 Å². The van der Waals surface area contributed by atoms with Gasteiger partial charge in [-0.25, -0.2) is 9.78 Å². The van der Waals surface area contributed by atoms with Crippen molar-refractivity contribution in [2.45, 2.75) is 45.3 Å². The van der Waals surface area contributed by atoms with Gasteiger partial charge in [0.25, 0.3) is 0 Å². The highest BCUT2D eigenvalue weighted by molar-refractivity contribution is 5.69. The summed E-state index contributed by atoms with van der Waals surface area (Å²) in [6, 6.07) is 3.57. The molecule has 2 N–H and O–H groups in total. The first kappa shape index (κ1) is 14.9. The summed E-state index contributed by atoms with van der Waals surface area (Å²) in [4.78, 5) is 17.7. The van der Waals surface area contributed by atoms with Gasteiger partial charge in [-0.05, 0) is 45.7 Å². The average molecular weight is 305 g/mol. The molecule has 1 saturated carbocycles. The van der Waals surface area contributed by atoms with Gasteiger partial charge in [-0.3, -0.25) is 0 Å². The maximum Gasteiger partial charge on any atom is 0.410 e. The van der Waals surface area contributed by atoms with Gasteiger partial charge in [0, 0.05) is 18.5 Å². The second-order valence-corrected chi connectivity index (χ2v) is 7.40. The first-order valence-electron chi connectivity index (χ1n) is 7.61. The molecule has 120 valence electrons. The van der Waals surface area contributed by atoms with Gasteiger partial charge in [0.2, 0.25) is 0 Å². The maximum absolute atomic E-state index is 11.9. The van der Waals surface area contributed by atoms with E-state index in [2.05, 4.69) is 4.98 Å². The van der Waals surface area contributed by atoms with Crippen LogP contribution in [0.2, 0.25) is 0 Å². The Labute approximate surface area is 130 Å². The lowest BCUT2D eigenvalue weighted by Crippen LogP contribution is -2.66. The van der Waals surface area contributed by atoms with Crippen molar-refractivity contribution >= 4 is 11.9 Å². The van der Waals surface area contributed by atoms with Crippen molar-refractivity contribution in [1.29, 1.82) is 0 Å². The molecule has 1 saturated heterocycles. The molecule has 1 spiro atoms. The van der Waals surface area contributed by atoms with Crippen LogP contribution in [0.15, 0.2) is 18.3 Å². The number of hydrogen-bond acceptors (Lipinski definition) is 5. The molecular formula is C16H23N3O3. The van der Waals surface area contributed by atoms with E-state index in [-0.39, 0.29) is 17.6 Å². The summed E-state index contributed by atoms with van der Waals surface area (Å²) in [7, 11) is 0. The number of nitrogens with zero attached hydrogens (tertiary/aromatic N) is 2. The molecule has 1 aliphatic heterocycles. The van der Waals surface area contributed by atoms with Crippen molar-refractivity contribution in [2.24, 2.45) is 5.41 Å². The summed E-state index contributed by atoms with van der Waals surface area (Å²) in [5.41, 5.74) is 5.34. The van der Waals surface area contributed by atoms with Crippen molar-refractivity contribution in [1.82, 2.24) is 9.88 Å². The number of carbonyl (C=O) groups is 1. The minimum absolute atomic E-state index is 0.200. The molecule has 0 bridgehead atoms. The van der Waals surface area contributed by atoms with Crippen LogP contribution in [-0.4, -0.2) is 40.8 Å². The molecule has 6 heteroatoms. The lowest BCUT2D eigenvalue weighted by molar-refractivity contribution is -0.116. The molecule has 1 amide bonds. The number of nitrogen functional groups attached to an aromatic ring is 1. The highest BCUT2D eigenvalue weighted by Crippen LogP contribution is 2.49. The molecule has 22 heavy (non-hydrogen) atoms. The SMILES string of the molecule is CC(C)(C)OC(=O)N1CC2(CC(Oc3ccc(N)nc3)C2)C1. The lowest BCUT2D eigenvalue weighted by Gasteiger charge is -2.58. The second kappa shape index (κ2) is 5.04. The van der Waals surface area contributed by atoms with E-state index in [1.807, 2.05) is 26.8 Å². The normalized spacial score (nSPS) is 20.2. The number of pyridine rings is 1. The van der Waals surface area contributed by atoms with Gasteiger partial charge < -0.3 is 20.1 Å². The van der Waals surface area contributed by atoms with Crippen LogP contribution in [0.25, 0.3) is 0 Å². The molecule has 2 aliphatic rings. The van der Waals surface area contributed by atoms with Crippen LogP contribution in [0.3, 0.4) is 0 Å². The molecule has 2 heterocycles. The number of amides is 1. The number of anilines is 1. The molecule has 0 atom stereocenters. The first-order chi connectivity index (χ1) is 10.2. The number of hydrogen-bond donors (Lipinski definition) is 1. The zero-order valence-electron chi connectivity index (χ0n) is 13.3. The van der Waals surface area contributed by atoms with Crippen LogP contribution < -0.4 is 10.5 Å². The zero-order chi connectivity index (χ0) is 16.0. The summed E-state index contributed by atoms with van der Waals surface area (Å²) >= 11 is 0. The monoisotopic (exact) mass is 305 g/mol. The predicted molar refractivity (Wildman–Crippen MR) is 82.5 cm³/mol. The Balaban J connectivity index is 1.43. The number of aromatic nitrogens is 1. The highest BCUT2D eigenvalue weighted by atomic mass is 16.6. The average Bonchev–Trinajstić information content (AvgIpc) is 2.30. The van der Waals surface area contributed by atoms with Crippen LogP contribution in [0.4, 0.5) is 10.6 Å². The topological polar surface area (TPSA) is 77.7 Å². The van der Waals surface area contributed by atoms with Crippen LogP contribution in [0, 0.1) is 5.41 Å². The summed E-state index contributed by atoms with van der Waals surface area (Å²) in [5.74, 6) is 1.24. The zero-order valence-corrected chi connectivity index (χ0v) is 13.3. The molecule has 1 aromatic rings. The van der Waals surface area contributed by atoms with Gasteiger partial charge in [0.05, 0.1) is 6.20 Å². The molecular weight excluding hydrogens is 282 g/mol. The minimum Gasteiger partial charge on any atom is -0.489 e. The first-order valence-corrected chi connectivity index (χ1v) is 7.61. The third-order valence-electron chi connectivity index (χ3n) is 4.09. The summed E-state index contributed by atoms with van der Waals surface area (Å²) in [5, 5.41) is 0. The molecule has 2 fully saturated rings. The largest absolute Gasteiger partial charge is 0.489 e. The van der Waals surface area contributed by atoms with E-state index in [1.54, 1.807) is 17.2 Å². The van der Waals surface area contributed by atoms with E-state index in [0.717, 1.165) is 31.7 Å². The summed E-state index contributed by atoms with van der Waals surface area (Å²) < 4.78 is 11.2. The maximum atomic E-state index is 11.9. The minimum atomic E-state index is -0.437. The fourth-order valence-electron chi connectivity index (χ4n) is 3.12. The summed E-state index contributed by atoms with van der Waals surface area (Å²) in [6.45, 7) is 7.18. The van der Waals surface area contributed by atoms with E-state index in [1.165, 1.54) is 0 Å². The molecule has 6 nitrogen and oxygen atoms in total. The standard InChI is InChI=1S/C16H23N3O3/c1-15(2,3)22-14(20)19-9-16(10-19)6-12(7-16)21-11-4-5-13(17)18-8-11/h4-5,8,12H,6-7,9-10H2,1-3H3,(H2,17,18). The Morgan fingerprint density at radius 3 is 2.59 bits per heavy atom. The van der Waals surface area contributed by atoms with Crippen LogP contribution in [-0.2, 0) is 4.74 Å². The number of rotatable bonds is 2. The van der Waals surface area contributed by atoms with Gasteiger partial charge >= 0.3 is 6.09 Å².